The molecular weight excluding hydrogens is 1170 g/mol. The Morgan fingerprint density at radius 2 is 0.449 bits per heavy atom. The number of hydrogen-bond acceptors (Lipinski definition) is 15. The van der Waals surface area contributed by atoms with Gasteiger partial charge in [0.05, 0.1) is 26.4 Å². The Kier molecular flexibility index (Phi) is 63.3. The largest absolute Gasteiger partial charge is 0.472 e. The summed E-state index contributed by atoms with van der Waals surface area (Å²) in [5, 5.41) is 10.6. The van der Waals surface area contributed by atoms with Crippen LogP contribution in [0.1, 0.15) is 368 Å². The molecule has 19 heteroatoms. The lowest BCUT2D eigenvalue weighted by molar-refractivity contribution is -0.161. The molecule has 0 aliphatic heterocycles. The molecule has 17 nitrogen and oxygen atoms in total. The Morgan fingerprint density at radius 1 is 0.270 bits per heavy atom. The summed E-state index contributed by atoms with van der Waals surface area (Å²) in [6, 6.07) is 0. The van der Waals surface area contributed by atoms with Crippen LogP contribution in [0, 0.1) is 0 Å². The van der Waals surface area contributed by atoms with Gasteiger partial charge in [0.2, 0.25) is 0 Å². The summed E-state index contributed by atoms with van der Waals surface area (Å²) in [6.45, 7) is 4.90. The Hall–Kier alpha value is -1.94. The first-order chi connectivity index (χ1) is 43.2. The van der Waals surface area contributed by atoms with Gasteiger partial charge < -0.3 is 33.8 Å². The lowest BCUT2D eigenvalue weighted by Gasteiger charge is -2.21. The van der Waals surface area contributed by atoms with Gasteiger partial charge in [-0.3, -0.25) is 37.3 Å². The first-order valence-electron chi connectivity index (χ1n) is 36.8. The lowest BCUT2D eigenvalue weighted by Crippen LogP contribution is -2.30. The number of hydrogen-bond donors (Lipinski definition) is 3. The first kappa shape index (κ1) is 87.1. The van der Waals surface area contributed by atoms with Crippen LogP contribution in [0.15, 0.2) is 0 Å². The topological polar surface area (TPSA) is 237 Å². The average Bonchev–Trinajstić information content (AvgIpc) is 3.67. The number of carbonyl (C=O) groups excluding carboxylic acids is 4. The molecule has 0 aromatic heterocycles. The van der Waals surface area contributed by atoms with Gasteiger partial charge in [-0.2, -0.15) is 0 Å². The van der Waals surface area contributed by atoms with Gasteiger partial charge in [0, 0.05) is 25.7 Å². The van der Waals surface area contributed by atoms with Crippen LogP contribution in [0.3, 0.4) is 0 Å². The molecule has 0 saturated heterocycles. The summed E-state index contributed by atoms with van der Waals surface area (Å²) >= 11 is 0. The van der Waals surface area contributed by atoms with Crippen molar-refractivity contribution in [3.8, 4) is 0 Å². The molecule has 89 heavy (non-hydrogen) atoms. The van der Waals surface area contributed by atoms with Crippen molar-refractivity contribution in [1.29, 1.82) is 0 Å². The van der Waals surface area contributed by atoms with Gasteiger partial charge in [-0.1, -0.05) is 317 Å². The maximum atomic E-state index is 13.0. The standard InChI is InChI=1S/C70H136O17P2/c1-5-9-13-17-21-25-27-29-30-31-32-33-34-36-38-41-45-49-53-57-70(75)87-66(61-81-68(73)55-51-47-43-40-37-35-28-26-22-18-14-10-6-2)63-85-89(78,79)83-59-64(71)58-82-88(76,77)84-62-65(60-80-67(72)54-50-46-42-24-20-16-12-8-4)86-69(74)56-52-48-44-39-23-19-15-11-7-3/h64-66,71H,5-63H2,1-4H3,(H,76,77)(H,78,79)/t64-,65+,66+/m0/s1. The summed E-state index contributed by atoms with van der Waals surface area (Å²) in [6.07, 6.45) is 52.8. The summed E-state index contributed by atoms with van der Waals surface area (Å²) < 4.78 is 68.2. The van der Waals surface area contributed by atoms with Crippen molar-refractivity contribution in [3.05, 3.63) is 0 Å². The summed E-state index contributed by atoms with van der Waals surface area (Å²) in [5.74, 6) is -2.12. The highest BCUT2D eigenvalue weighted by Gasteiger charge is 2.30. The van der Waals surface area contributed by atoms with E-state index in [4.69, 9.17) is 37.0 Å². The fourth-order valence-corrected chi connectivity index (χ4v) is 12.3. The SMILES string of the molecule is CCCCCCCCCCCCCCCCCCCCCC(=O)O[C@H](COC(=O)CCCCCCCCCCCCCCC)COP(=O)(O)OC[C@@H](O)COP(=O)(O)OC[C@@H](COC(=O)CCCCCCCCCC)OC(=O)CCCCCCCCCCC. The maximum absolute atomic E-state index is 13.0. The number of phosphoric ester groups is 2. The molecule has 0 aromatic carbocycles. The zero-order valence-corrected chi connectivity index (χ0v) is 59.2. The number of unbranched alkanes of at least 4 members (excludes halogenated alkanes) is 45. The van der Waals surface area contributed by atoms with E-state index >= 15 is 0 Å². The molecule has 0 heterocycles. The van der Waals surface area contributed by atoms with Crippen LogP contribution in [0.2, 0.25) is 0 Å². The minimum atomic E-state index is -4.95. The molecule has 0 aromatic rings. The van der Waals surface area contributed by atoms with E-state index in [2.05, 4.69) is 27.7 Å². The van der Waals surface area contributed by atoms with E-state index in [9.17, 15) is 43.2 Å². The predicted molar refractivity (Wildman–Crippen MR) is 359 cm³/mol. The second kappa shape index (κ2) is 64.8. The molecule has 0 aliphatic rings. The van der Waals surface area contributed by atoms with Crippen molar-refractivity contribution in [2.75, 3.05) is 39.6 Å². The zero-order chi connectivity index (χ0) is 65.4. The fourth-order valence-electron chi connectivity index (χ4n) is 10.7. The van der Waals surface area contributed by atoms with Gasteiger partial charge in [0.1, 0.15) is 19.3 Å². The molecule has 0 spiro atoms. The number of rotatable bonds is 71. The van der Waals surface area contributed by atoms with Crippen LogP contribution in [0.5, 0.6) is 0 Å². The van der Waals surface area contributed by atoms with Gasteiger partial charge in [0.15, 0.2) is 12.2 Å². The lowest BCUT2D eigenvalue weighted by atomic mass is 10.0. The number of aliphatic hydroxyl groups excluding tert-OH is 1. The van der Waals surface area contributed by atoms with E-state index < -0.39 is 97.5 Å². The van der Waals surface area contributed by atoms with E-state index in [1.807, 2.05) is 0 Å². The van der Waals surface area contributed by atoms with Crippen LogP contribution >= 0.6 is 15.6 Å². The van der Waals surface area contributed by atoms with Crippen molar-refractivity contribution in [3.63, 3.8) is 0 Å². The molecule has 5 atom stereocenters. The third-order valence-electron chi connectivity index (χ3n) is 16.4. The summed E-state index contributed by atoms with van der Waals surface area (Å²) in [4.78, 5) is 72.4. The highest BCUT2D eigenvalue weighted by molar-refractivity contribution is 7.47. The van der Waals surface area contributed by atoms with Crippen LogP contribution in [0.25, 0.3) is 0 Å². The second-order valence-electron chi connectivity index (χ2n) is 25.3. The average molecular weight is 1310 g/mol. The molecule has 0 fully saturated rings. The maximum Gasteiger partial charge on any atom is 0.472 e. The first-order valence-corrected chi connectivity index (χ1v) is 39.8. The van der Waals surface area contributed by atoms with E-state index in [0.717, 1.165) is 96.3 Å². The van der Waals surface area contributed by atoms with E-state index in [0.29, 0.717) is 25.7 Å². The number of ether oxygens (including phenoxy) is 4. The Bertz CT molecular complexity index is 1710. The molecule has 3 N–H and O–H groups in total. The third-order valence-corrected chi connectivity index (χ3v) is 18.3. The fraction of sp³-hybridized carbons (Fsp3) is 0.943. The number of carbonyl (C=O) groups is 4. The van der Waals surface area contributed by atoms with Gasteiger partial charge in [-0.25, -0.2) is 9.13 Å². The van der Waals surface area contributed by atoms with Gasteiger partial charge >= 0.3 is 39.5 Å². The molecule has 0 saturated carbocycles. The van der Waals surface area contributed by atoms with Crippen molar-refractivity contribution in [1.82, 2.24) is 0 Å². The van der Waals surface area contributed by atoms with Crippen molar-refractivity contribution in [2.24, 2.45) is 0 Å². The minimum Gasteiger partial charge on any atom is -0.462 e. The number of esters is 4. The molecule has 2 unspecified atom stereocenters. The zero-order valence-electron chi connectivity index (χ0n) is 57.4. The molecule has 0 aliphatic carbocycles. The Morgan fingerprint density at radius 3 is 0.663 bits per heavy atom. The van der Waals surface area contributed by atoms with Gasteiger partial charge in [-0.05, 0) is 25.7 Å². The van der Waals surface area contributed by atoms with Gasteiger partial charge in [0.25, 0.3) is 0 Å². The van der Waals surface area contributed by atoms with Crippen molar-refractivity contribution in [2.45, 2.75) is 386 Å². The van der Waals surface area contributed by atoms with Crippen molar-refractivity contribution >= 4 is 39.5 Å². The molecule has 0 radical (unpaired) electrons. The Balaban J connectivity index is 5.17. The number of phosphoric acid groups is 2. The molecule has 0 rings (SSSR count). The van der Waals surface area contributed by atoms with Crippen LogP contribution < -0.4 is 0 Å². The Labute approximate surface area is 543 Å². The van der Waals surface area contributed by atoms with E-state index in [1.165, 1.54) is 193 Å². The van der Waals surface area contributed by atoms with Crippen LogP contribution in [0.4, 0.5) is 0 Å². The van der Waals surface area contributed by atoms with E-state index in [-0.39, 0.29) is 25.7 Å². The smallest absolute Gasteiger partial charge is 0.462 e. The highest BCUT2D eigenvalue weighted by atomic mass is 31.2. The minimum absolute atomic E-state index is 0.106. The van der Waals surface area contributed by atoms with E-state index in [1.54, 1.807) is 0 Å². The summed E-state index contributed by atoms with van der Waals surface area (Å²) in [5.41, 5.74) is 0. The summed E-state index contributed by atoms with van der Waals surface area (Å²) in [7, 11) is -9.89. The quantitative estimate of drug-likeness (QED) is 0.0222. The highest BCUT2D eigenvalue weighted by Crippen LogP contribution is 2.45. The van der Waals surface area contributed by atoms with Crippen molar-refractivity contribution < 1.29 is 80.2 Å². The van der Waals surface area contributed by atoms with Crippen LogP contribution in [-0.4, -0.2) is 96.7 Å². The molecule has 528 valence electrons. The molecular formula is C70H136O17P2. The molecule has 0 amide bonds. The molecule has 0 bridgehead atoms. The monoisotopic (exact) mass is 1310 g/mol. The van der Waals surface area contributed by atoms with Gasteiger partial charge in [-0.15, -0.1) is 0 Å². The predicted octanol–water partition coefficient (Wildman–Crippen LogP) is 20.3. The number of aliphatic hydroxyl groups is 1. The normalized spacial score (nSPS) is 14.0. The second-order valence-corrected chi connectivity index (χ2v) is 28.2. The third kappa shape index (κ3) is 64.6. The van der Waals surface area contributed by atoms with Crippen LogP contribution in [-0.2, 0) is 65.4 Å².